The molecule has 228 valence electrons. The van der Waals surface area contributed by atoms with Gasteiger partial charge >= 0.3 is 0 Å². The number of benzene rings is 2. The van der Waals surface area contributed by atoms with E-state index >= 15 is 0 Å². The first-order valence-corrected chi connectivity index (χ1v) is 15.4. The van der Waals surface area contributed by atoms with Crippen LogP contribution >= 0.6 is 23.4 Å². The van der Waals surface area contributed by atoms with E-state index < -0.39 is 60.9 Å². The highest BCUT2D eigenvalue weighted by atomic mass is 35.5. The summed E-state index contributed by atoms with van der Waals surface area (Å²) in [5.74, 6) is -4.22. The number of aromatic nitrogens is 2. The standard InChI is InChI=1S/C30H26ClF3N6O3S/c1-44-20-11-16(32)10-19(12-20)39(25(21-4-2-3-5-22(21)31)27(42)37-18-13-30(33,34)14-18)28-26(43-28)23-6-7-24(41)40(23)29-36-9-8-17(15-35)38-29/h2-5,8-12,18,23,25-26,28H,6-7,13-14H2,1H3,(H,37,42)/t23-,25-,26?,28?/m0/s1. The first kappa shape index (κ1) is 30.2. The molecule has 1 N–H and O–H groups in total. The van der Waals surface area contributed by atoms with Crippen molar-refractivity contribution in [2.45, 2.75) is 67.0 Å². The minimum atomic E-state index is -2.86. The maximum atomic E-state index is 15.0. The second-order valence-corrected chi connectivity index (χ2v) is 12.2. The molecule has 1 aliphatic carbocycles. The van der Waals surface area contributed by atoms with E-state index in [4.69, 9.17) is 16.3 Å². The van der Waals surface area contributed by atoms with Gasteiger partial charge in [0.15, 0.2) is 6.23 Å². The van der Waals surface area contributed by atoms with Gasteiger partial charge in [0.25, 0.3) is 5.92 Å². The highest BCUT2D eigenvalue weighted by Crippen LogP contribution is 2.46. The van der Waals surface area contributed by atoms with Crippen molar-refractivity contribution in [3.05, 3.63) is 76.8 Å². The summed E-state index contributed by atoms with van der Waals surface area (Å²) in [6, 6.07) is 11.8. The van der Waals surface area contributed by atoms with E-state index in [0.717, 1.165) is 0 Å². The fourth-order valence-corrected chi connectivity index (χ4v) is 6.55. The zero-order chi connectivity index (χ0) is 31.2. The Morgan fingerprint density at radius 2 is 2.05 bits per heavy atom. The number of carbonyl (C=O) groups is 2. The number of amides is 2. The molecule has 4 atom stereocenters. The lowest BCUT2D eigenvalue weighted by Gasteiger charge is -2.38. The zero-order valence-corrected chi connectivity index (χ0v) is 24.9. The summed E-state index contributed by atoms with van der Waals surface area (Å²) < 4.78 is 48.6. The number of thioether (sulfide) groups is 1. The van der Waals surface area contributed by atoms with Crippen LogP contribution in [0.25, 0.3) is 0 Å². The second kappa shape index (κ2) is 11.9. The quantitative estimate of drug-likeness (QED) is 0.249. The van der Waals surface area contributed by atoms with Crippen LogP contribution in [-0.2, 0) is 14.3 Å². The van der Waals surface area contributed by atoms with Gasteiger partial charge in [0, 0.05) is 52.7 Å². The van der Waals surface area contributed by atoms with Crippen molar-refractivity contribution in [1.82, 2.24) is 15.3 Å². The molecule has 2 aliphatic heterocycles. The van der Waals surface area contributed by atoms with Gasteiger partial charge in [-0.3, -0.25) is 14.5 Å². The molecule has 0 bridgehead atoms. The molecule has 1 aromatic heterocycles. The normalized spacial score (nSPS) is 23.0. The van der Waals surface area contributed by atoms with Crippen LogP contribution < -0.4 is 15.1 Å². The molecule has 14 heteroatoms. The molecule has 44 heavy (non-hydrogen) atoms. The number of ether oxygens (including phenoxy) is 1. The smallest absolute Gasteiger partial charge is 0.252 e. The molecule has 6 rings (SSSR count). The largest absolute Gasteiger partial charge is 0.351 e. The molecule has 2 aromatic carbocycles. The van der Waals surface area contributed by atoms with E-state index in [1.807, 2.05) is 6.07 Å². The number of nitrogens with one attached hydrogen (secondary N) is 1. The van der Waals surface area contributed by atoms with E-state index in [0.29, 0.717) is 22.6 Å². The predicted molar refractivity (Wildman–Crippen MR) is 157 cm³/mol. The fourth-order valence-electron chi connectivity index (χ4n) is 5.84. The van der Waals surface area contributed by atoms with Gasteiger partial charge in [-0.25, -0.2) is 23.1 Å². The Morgan fingerprint density at radius 1 is 1.27 bits per heavy atom. The van der Waals surface area contributed by atoms with E-state index in [2.05, 4.69) is 15.3 Å². The fraction of sp³-hybridized carbons (Fsp3) is 0.367. The summed E-state index contributed by atoms with van der Waals surface area (Å²) in [4.78, 5) is 39.0. The monoisotopic (exact) mass is 642 g/mol. The number of anilines is 2. The SMILES string of the molecule is CSc1cc(F)cc(N(C2OC2[C@@H]2CCC(=O)N2c2nccc(C#N)n2)[C@H](C(=O)NC2CC(F)(F)C2)c2ccccc2Cl)c1. The van der Waals surface area contributed by atoms with Crippen LogP contribution in [0.2, 0.25) is 5.02 Å². The first-order valence-electron chi connectivity index (χ1n) is 13.8. The van der Waals surface area contributed by atoms with Crippen molar-refractivity contribution in [2.75, 3.05) is 16.1 Å². The lowest BCUT2D eigenvalue weighted by Crippen LogP contribution is -2.54. The Hall–Kier alpha value is -3.86. The maximum Gasteiger partial charge on any atom is 0.252 e. The minimum Gasteiger partial charge on any atom is -0.351 e. The Balaban J connectivity index is 1.40. The van der Waals surface area contributed by atoms with Crippen LogP contribution in [0.5, 0.6) is 0 Å². The first-order chi connectivity index (χ1) is 21.1. The van der Waals surface area contributed by atoms with E-state index in [-0.39, 0.29) is 29.0 Å². The van der Waals surface area contributed by atoms with Crippen molar-refractivity contribution < 1.29 is 27.5 Å². The summed E-state index contributed by atoms with van der Waals surface area (Å²) >= 11 is 7.92. The Morgan fingerprint density at radius 3 is 2.75 bits per heavy atom. The molecule has 0 radical (unpaired) electrons. The Bertz CT molecular complexity index is 1650. The maximum absolute atomic E-state index is 15.0. The molecule has 9 nitrogen and oxygen atoms in total. The number of halogens is 4. The average molecular weight is 643 g/mol. The molecular formula is C30H26ClF3N6O3S. The van der Waals surface area contributed by atoms with E-state index in [1.165, 1.54) is 41.1 Å². The molecule has 3 aliphatic rings. The van der Waals surface area contributed by atoms with Gasteiger partial charge in [-0.05, 0) is 43.0 Å². The van der Waals surface area contributed by atoms with Crippen LogP contribution in [0, 0.1) is 17.1 Å². The van der Waals surface area contributed by atoms with Gasteiger partial charge < -0.3 is 15.0 Å². The van der Waals surface area contributed by atoms with Gasteiger partial charge in [0.2, 0.25) is 17.8 Å². The number of hydrogen-bond acceptors (Lipinski definition) is 8. The minimum absolute atomic E-state index is 0.0547. The topological polar surface area (TPSA) is 115 Å². The number of carbonyl (C=O) groups excluding carboxylic acids is 2. The number of alkyl halides is 2. The van der Waals surface area contributed by atoms with Gasteiger partial charge in [-0.2, -0.15) is 5.26 Å². The van der Waals surface area contributed by atoms with E-state index in [9.17, 15) is 28.0 Å². The molecule has 3 heterocycles. The van der Waals surface area contributed by atoms with Crippen LogP contribution in [0.1, 0.15) is 43.0 Å². The summed E-state index contributed by atoms with van der Waals surface area (Å²) in [7, 11) is 0. The van der Waals surface area contributed by atoms with Crippen LogP contribution in [0.3, 0.4) is 0 Å². The lowest BCUT2D eigenvalue weighted by atomic mass is 9.87. The highest BCUT2D eigenvalue weighted by molar-refractivity contribution is 7.98. The van der Waals surface area contributed by atoms with Gasteiger partial charge in [0.1, 0.15) is 29.7 Å². The molecule has 2 unspecified atom stereocenters. The summed E-state index contributed by atoms with van der Waals surface area (Å²) in [6.45, 7) is 0. The third-order valence-electron chi connectivity index (χ3n) is 7.93. The molecule has 0 spiro atoms. The highest BCUT2D eigenvalue weighted by Gasteiger charge is 2.57. The summed E-state index contributed by atoms with van der Waals surface area (Å²) in [6.07, 6.45) is 1.24. The number of nitrogens with zero attached hydrogens (tertiary/aromatic N) is 5. The molecular weight excluding hydrogens is 617 g/mol. The summed E-state index contributed by atoms with van der Waals surface area (Å²) in [5, 5.41) is 12.3. The van der Waals surface area contributed by atoms with Gasteiger partial charge in [-0.15, -0.1) is 11.8 Å². The van der Waals surface area contributed by atoms with Crippen LogP contribution in [-0.4, -0.2) is 58.4 Å². The predicted octanol–water partition coefficient (Wildman–Crippen LogP) is 5.24. The lowest BCUT2D eigenvalue weighted by molar-refractivity contribution is -0.130. The van der Waals surface area contributed by atoms with Gasteiger partial charge in [-0.1, -0.05) is 29.8 Å². The van der Waals surface area contributed by atoms with Crippen molar-refractivity contribution in [3.63, 3.8) is 0 Å². The van der Waals surface area contributed by atoms with Crippen LogP contribution in [0.4, 0.5) is 24.8 Å². The molecule has 3 aromatic rings. The summed E-state index contributed by atoms with van der Waals surface area (Å²) in [5.41, 5.74) is 0.760. The Labute approximate surface area is 260 Å². The average Bonchev–Trinajstić information content (AvgIpc) is 3.67. The van der Waals surface area contributed by atoms with Crippen molar-refractivity contribution >= 4 is 46.8 Å². The molecule has 1 saturated carbocycles. The Kier molecular flexibility index (Phi) is 8.17. The van der Waals surface area contributed by atoms with Crippen molar-refractivity contribution in [3.8, 4) is 6.07 Å². The van der Waals surface area contributed by atoms with Crippen molar-refractivity contribution in [2.24, 2.45) is 0 Å². The van der Waals surface area contributed by atoms with Crippen molar-refractivity contribution in [1.29, 1.82) is 5.26 Å². The molecule has 3 fully saturated rings. The number of nitriles is 1. The third-order valence-corrected chi connectivity index (χ3v) is 8.99. The zero-order valence-electron chi connectivity index (χ0n) is 23.3. The molecule has 2 amide bonds. The van der Waals surface area contributed by atoms with Crippen LogP contribution in [0.15, 0.2) is 59.6 Å². The number of rotatable bonds is 9. The second-order valence-electron chi connectivity index (χ2n) is 10.9. The van der Waals surface area contributed by atoms with E-state index in [1.54, 1.807) is 41.5 Å². The number of epoxide rings is 1. The third kappa shape index (κ3) is 5.94. The van der Waals surface area contributed by atoms with Gasteiger partial charge in [0.05, 0.1) is 6.04 Å². The molecule has 2 saturated heterocycles. The number of hydrogen-bond donors (Lipinski definition) is 1.